The van der Waals surface area contributed by atoms with Gasteiger partial charge in [0.2, 0.25) is 0 Å². The van der Waals surface area contributed by atoms with Crippen molar-refractivity contribution in [3.8, 4) is 17.2 Å². The normalized spacial score (nSPS) is 10.9. The number of phenolic OH excluding ortho intramolecular Hbond substituents is 1. The van der Waals surface area contributed by atoms with E-state index in [0.717, 1.165) is 16.8 Å². The third-order valence-corrected chi connectivity index (χ3v) is 5.62. The molecule has 0 saturated carbocycles. The molecule has 0 fully saturated rings. The maximum Gasteiger partial charge on any atom is 0.340 e. The molecule has 3 rings (SSSR count). The molecule has 162 valence electrons. The number of carbonyl (C=O) groups excluding carboxylic acids is 1. The average molecular weight is 498 g/mol. The lowest BCUT2D eigenvalue weighted by atomic mass is 10.0. The van der Waals surface area contributed by atoms with E-state index in [1.807, 2.05) is 60.8 Å². The highest BCUT2D eigenvalue weighted by Crippen LogP contribution is 2.48. The van der Waals surface area contributed by atoms with E-state index in [1.54, 1.807) is 6.92 Å². The van der Waals surface area contributed by atoms with Gasteiger partial charge in [-0.25, -0.2) is 4.79 Å². The fourth-order valence-electron chi connectivity index (χ4n) is 3.67. The molecular weight excluding hydrogens is 472 g/mol. The van der Waals surface area contributed by atoms with E-state index in [0.29, 0.717) is 33.4 Å². The zero-order valence-electron chi connectivity index (χ0n) is 17.7. The standard InChI is InChI=1S/C22H25BrN2O4.ClH/c1-6-29-22(27)16-13(2)25(14-10-8-7-9-11-14)19-15(12-24(3)4)18(23)21(28-5)20(26)17(16)19;/h7-11,26H,6,12H2,1-5H3;1H. The van der Waals surface area contributed by atoms with Gasteiger partial charge in [-0.1, -0.05) is 18.2 Å². The van der Waals surface area contributed by atoms with Crippen LogP contribution in [0.2, 0.25) is 0 Å². The summed E-state index contributed by atoms with van der Waals surface area (Å²) < 4.78 is 13.4. The van der Waals surface area contributed by atoms with E-state index in [1.165, 1.54) is 7.11 Å². The largest absolute Gasteiger partial charge is 0.504 e. The molecule has 30 heavy (non-hydrogen) atoms. The molecule has 8 heteroatoms. The molecule has 0 aliphatic heterocycles. The summed E-state index contributed by atoms with van der Waals surface area (Å²) in [4.78, 5) is 14.9. The summed E-state index contributed by atoms with van der Waals surface area (Å²) in [6.45, 7) is 4.44. The molecule has 1 heterocycles. The lowest BCUT2D eigenvalue weighted by molar-refractivity contribution is 0.0527. The predicted octanol–water partition coefficient (Wildman–Crippen LogP) is 5.08. The molecule has 0 aliphatic carbocycles. The number of methoxy groups -OCH3 is 1. The van der Waals surface area contributed by atoms with Crippen LogP contribution in [0.25, 0.3) is 16.6 Å². The number of phenols is 1. The van der Waals surface area contributed by atoms with Crippen LogP contribution in [-0.2, 0) is 11.3 Å². The second-order valence-corrected chi connectivity index (χ2v) is 7.78. The molecule has 1 aromatic heterocycles. The molecule has 0 atom stereocenters. The first-order chi connectivity index (χ1) is 13.8. The molecule has 0 radical (unpaired) electrons. The van der Waals surface area contributed by atoms with Gasteiger partial charge in [0, 0.05) is 23.5 Å². The van der Waals surface area contributed by atoms with Gasteiger partial charge in [-0.2, -0.15) is 0 Å². The summed E-state index contributed by atoms with van der Waals surface area (Å²) >= 11 is 3.61. The highest BCUT2D eigenvalue weighted by atomic mass is 79.9. The third-order valence-electron chi connectivity index (χ3n) is 4.78. The number of benzene rings is 2. The first kappa shape index (κ1) is 24.1. The molecule has 0 amide bonds. The van der Waals surface area contributed by atoms with Crippen LogP contribution in [0, 0.1) is 6.92 Å². The number of hydrogen-bond acceptors (Lipinski definition) is 5. The zero-order chi connectivity index (χ0) is 21.3. The van der Waals surface area contributed by atoms with E-state index in [-0.39, 0.29) is 24.8 Å². The summed E-state index contributed by atoms with van der Waals surface area (Å²) in [5, 5.41) is 11.5. The van der Waals surface area contributed by atoms with Crippen LogP contribution in [0.4, 0.5) is 0 Å². The maximum absolute atomic E-state index is 12.9. The van der Waals surface area contributed by atoms with E-state index in [9.17, 15) is 9.90 Å². The molecule has 0 bridgehead atoms. The van der Waals surface area contributed by atoms with Gasteiger partial charge in [-0.15, -0.1) is 12.4 Å². The lowest BCUT2D eigenvalue weighted by Gasteiger charge is -2.19. The maximum atomic E-state index is 12.9. The molecule has 2 aromatic carbocycles. The monoisotopic (exact) mass is 496 g/mol. The van der Waals surface area contributed by atoms with Crippen LogP contribution in [0.15, 0.2) is 34.8 Å². The van der Waals surface area contributed by atoms with Gasteiger partial charge in [0.15, 0.2) is 11.5 Å². The molecule has 0 unspecified atom stereocenters. The number of hydrogen-bond donors (Lipinski definition) is 1. The van der Waals surface area contributed by atoms with Crippen molar-refractivity contribution in [2.75, 3.05) is 27.8 Å². The number of halogens is 2. The summed E-state index contributed by atoms with van der Waals surface area (Å²) in [7, 11) is 5.43. The number of rotatable bonds is 6. The predicted molar refractivity (Wildman–Crippen MR) is 125 cm³/mol. The van der Waals surface area contributed by atoms with Gasteiger partial charge in [-0.05, 0) is 56.0 Å². The summed E-state index contributed by atoms with van der Waals surface area (Å²) in [5.74, 6) is -0.261. The Labute approximate surface area is 190 Å². The SMILES string of the molecule is CCOC(=O)c1c(C)n(-c2ccccc2)c2c(CN(C)C)c(Br)c(OC)c(O)c12.Cl. The van der Waals surface area contributed by atoms with Crippen molar-refractivity contribution in [2.45, 2.75) is 20.4 Å². The molecule has 3 aromatic rings. The Bertz CT molecular complexity index is 1060. The Balaban J connectivity index is 0.00000320. The van der Waals surface area contributed by atoms with Crippen molar-refractivity contribution >= 4 is 45.2 Å². The summed E-state index contributed by atoms with van der Waals surface area (Å²) in [5.41, 5.74) is 3.58. The topological polar surface area (TPSA) is 63.9 Å². The molecule has 0 aliphatic rings. The van der Waals surface area contributed by atoms with Gasteiger partial charge >= 0.3 is 5.97 Å². The number of esters is 1. The fourth-order valence-corrected chi connectivity index (χ4v) is 4.33. The number of carbonyl (C=O) groups is 1. The van der Waals surface area contributed by atoms with Gasteiger partial charge in [0.25, 0.3) is 0 Å². The van der Waals surface area contributed by atoms with E-state index < -0.39 is 5.97 Å². The Morgan fingerprint density at radius 3 is 2.40 bits per heavy atom. The van der Waals surface area contributed by atoms with Crippen molar-refractivity contribution in [3.63, 3.8) is 0 Å². The number of ether oxygens (including phenoxy) is 2. The summed E-state index contributed by atoms with van der Waals surface area (Å²) in [6.07, 6.45) is 0. The van der Waals surface area contributed by atoms with Crippen molar-refractivity contribution in [1.29, 1.82) is 0 Å². The number of fused-ring (bicyclic) bond motifs is 1. The second kappa shape index (κ2) is 9.73. The minimum atomic E-state index is -0.472. The third kappa shape index (κ3) is 4.02. The minimum Gasteiger partial charge on any atom is -0.504 e. The number of aromatic hydroxyl groups is 1. The smallest absolute Gasteiger partial charge is 0.340 e. The van der Waals surface area contributed by atoms with Gasteiger partial charge in [-0.3, -0.25) is 0 Å². The highest BCUT2D eigenvalue weighted by molar-refractivity contribution is 9.10. The Morgan fingerprint density at radius 2 is 1.87 bits per heavy atom. The van der Waals surface area contributed by atoms with Crippen LogP contribution in [0.3, 0.4) is 0 Å². The Morgan fingerprint density at radius 1 is 1.23 bits per heavy atom. The van der Waals surface area contributed by atoms with Crippen molar-refractivity contribution in [1.82, 2.24) is 9.47 Å². The molecule has 0 saturated heterocycles. The van der Waals surface area contributed by atoms with Crippen molar-refractivity contribution in [2.24, 2.45) is 0 Å². The molecule has 6 nitrogen and oxygen atoms in total. The number of para-hydroxylation sites is 1. The second-order valence-electron chi connectivity index (χ2n) is 6.99. The fraction of sp³-hybridized carbons (Fsp3) is 0.318. The molecule has 1 N–H and O–H groups in total. The van der Waals surface area contributed by atoms with Crippen molar-refractivity contribution in [3.05, 3.63) is 51.6 Å². The van der Waals surface area contributed by atoms with Crippen LogP contribution in [0.1, 0.15) is 28.5 Å². The number of aromatic nitrogens is 1. The average Bonchev–Trinajstić information content (AvgIpc) is 2.99. The van der Waals surface area contributed by atoms with Crippen LogP contribution >= 0.6 is 28.3 Å². The number of nitrogens with zero attached hydrogens (tertiary/aromatic N) is 2. The van der Waals surface area contributed by atoms with Gasteiger partial charge in [0.1, 0.15) is 0 Å². The first-order valence-electron chi connectivity index (χ1n) is 9.32. The van der Waals surface area contributed by atoms with E-state index in [2.05, 4.69) is 15.9 Å². The van der Waals surface area contributed by atoms with Gasteiger partial charge in [0.05, 0.1) is 34.7 Å². The van der Waals surface area contributed by atoms with Crippen molar-refractivity contribution < 1.29 is 19.4 Å². The molecule has 0 spiro atoms. The Kier molecular flexibility index (Phi) is 7.80. The van der Waals surface area contributed by atoms with Crippen LogP contribution < -0.4 is 4.74 Å². The molecular formula is C22H26BrClN2O4. The summed E-state index contributed by atoms with van der Waals surface area (Å²) in [6, 6.07) is 9.75. The van der Waals surface area contributed by atoms with Crippen LogP contribution in [0.5, 0.6) is 11.5 Å². The van der Waals surface area contributed by atoms with E-state index >= 15 is 0 Å². The minimum absolute atomic E-state index is 0. The Hall–Kier alpha value is -2.22. The van der Waals surface area contributed by atoms with E-state index in [4.69, 9.17) is 9.47 Å². The lowest BCUT2D eigenvalue weighted by Crippen LogP contribution is -2.13. The van der Waals surface area contributed by atoms with Crippen LogP contribution in [-0.4, -0.2) is 48.4 Å². The first-order valence-corrected chi connectivity index (χ1v) is 10.1. The highest BCUT2D eigenvalue weighted by Gasteiger charge is 2.30. The zero-order valence-corrected chi connectivity index (χ0v) is 20.1. The van der Waals surface area contributed by atoms with Gasteiger partial charge < -0.3 is 24.0 Å². The quantitative estimate of drug-likeness (QED) is 0.481.